The van der Waals surface area contributed by atoms with Crippen LogP contribution in [0, 0.1) is 0 Å². The summed E-state index contributed by atoms with van der Waals surface area (Å²) >= 11 is 0. The van der Waals surface area contributed by atoms with E-state index in [2.05, 4.69) is 0 Å². The second-order valence-electron chi connectivity index (χ2n) is 4.55. The number of benzene rings is 1. The second kappa shape index (κ2) is 5.93. The molecule has 1 aromatic carbocycles. The van der Waals surface area contributed by atoms with Gasteiger partial charge in [0.25, 0.3) is 0 Å². The van der Waals surface area contributed by atoms with E-state index in [-0.39, 0.29) is 12.5 Å². The molecule has 1 heterocycles. The molecule has 104 valence electrons. The van der Waals surface area contributed by atoms with E-state index in [1.165, 1.54) is 0 Å². The topological polar surface area (TPSA) is 81.8 Å². The Balaban J connectivity index is 2.27. The Morgan fingerprint density at radius 2 is 2.16 bits per heavy atom. The first-order chi connectivity index (χ1) is 9.13. The highest BCUT2D eigenvalue weighted by Gasteiger charge is 2.21. The monoisotopic (exact) mass is 265 g/mol. The van der Waals surface area contributed by atoms with Crippen LogP contribution in [0.4, 0.5) is 0 Å². The normalized spacial score (nSPS) is 15.1. The summed E-state index contributed by atoms with van der Waals surface area (Å²) in [6.45, 7) is 3.12. The van der Waals surface area contributed by atoms with Crippen LogP contribution < -0.4 is 15.2 Å². The predicted molar refractivity (Wildman–Crippen MR) is 70.6 cm³/mol. The molecule has 2 rings (SSSR count). The van der Waals surface area contributed by atoms with E-state index in [1.807, 2.05) is 19.1 Å². The quantitative estimate of drug-likeness (QED) is 0.849. The lowest BCUT2D eigenvalue weighted by molar-refractivity contribution is -0.137. The van der Waals surface area contributed by atoms with Crippen LogP contribution in [0.5, 0.6) is 11.5 Å². The van der Waals surface area contributed by atoms with E-state index in [0.29, 0.717) is 19.6 Å². The van der Waals surface area contributed by atoms with Crippen molar-refractivity contribution in [1.29, 1.82) is 0 Å². The summed E-state index contributed by atoms with van der Waals surface area (Å²) in [6, 6.07) is 3.48. The van der Waals surface area contributed by atoms with Crippen molar-refractivity contribution in [1.82, 2.24) is 0 Å². The fourth-order valence-corrected chi connectivity index (χ4v) is 2.34. The molecule has 5 heteroatoms. The van der Waals surface area contributed by atoms with Crippen LogP contribution in [0.3, 0.4) is 0 Å². The van der Waals surface area contributed by atoms with Gasteiger partial charge in [-0.3, -0.25) is 4.79 Å². The fraction of sp³-hybridized carbons (Fsp3) is 0.500. The number of carboxylic acid groups (broad SMARTS) is 1. The number of aliphatic carboxylic acids is 1. The molecule has 1 unspecified atom stereocenters. The van der Waals surface area contributed by atoms with Crippen molar-refractivity contribution in [3.05, 3.63) is 23.3 Å². The Morgan fingerprint density at radius 1 is 1.42 bits per heavy atom. The molecule has 0 aromatic heterocycles. The molecule has 1 aromatic rings. The Morgan fingerprint density at radius 3 is 2.84 bits per heavy atom. The summed E-state index contributed by atoms with van der Waals surface area (Å²) in [5.41, 5.74) is 8.07. The number of ether oxygens (including phenoxy) is 2. The molecule has 0 spiro atoms. The predicted octanol–water partition coefficient (Wildman–Crippen LogP) is 1.88. The summed E-state index contributed by atoms with van der Waals surface area (Å²) in [7, 11) is 0. The average molecular weight is 265 g/mol. The lowest BCUT2D eigenvalue weighted by atomic mass is 9.94. The van der Waals surface area contributed by atoms with E-state index < -0.39 is 5.97 Å². The van der Waals surface area contributed by atoms with E-state index in [9.17, 15) is 4.79 Å². The highest BCUT2D eigenvalue weighted by Crippen LogP contribution is 2.38. The largest absolute Gasteiger partial charge is 0.486 e. The maximum atomic E-state index is 10.6. The van der Waals surface area contributed by atoms with Gasteiger partial charge in [-0.25, -0.2) is 0 Å². The number of rotatable bonds is 5. The molecule has 3 N–H and O–H groups in total. The van der Waals surface area contributed by atoms with Gasteiger partial charge in [0.05, 0.1) is 0 Å². The second-order valence-corrected chi connectivity index (χ2v) is 4.55. The van der Waals surface area contributed by atoms with Gasteiger partial charge in [-0.05, 0) is 24.5 Å². The van der Waals surface area contributed by atoms with Gasteiger partial charge < -0.3 is 20.3 Å². The Labute approximate surface area is 112 Å². The van der Waals surface area contributed by atoms with Gasteiger partial charge in [0.15, 0.2) is 11.5 Å². The first-order valence-corrected chi connectivity index (χ1v) is 6.52. The molecule has 0 amide bonds. The standard InChI is InChI=1S/C14H19NO4/c1-2-9-10(11(15)4-6-13(16)17)3-5-12-14(9)19-8-7-18-12/h3,5,11H,2,4,6-8,15H2,1H3,(H,16,17). The third-order valence-electron chi connectivity index (χ3n) is 3.27. The highest BCUT2D eigenvalue weighted by molar-refractivity contribution is 5.66. The van der Waals surface area contributed by atoms with Crippen molar-refractivity contribution in [3.8, 4) is 11.5 Å². The van der Waals surface area contributed by atoms with Crippen molar-refractivity contribution < 1.29 is 19.4 Å². The number of carboxylic acids is 1. The average Bonchev–Trinajstić information content (AvgIpc) is 2.43. The van der Waals surface area contributed by atoms with Crippen LogP contribution in [0.15, 0.2) is 12.1 Å². The Bertz CT molecular complexity index is 473. The van der Waals surface area contributed by atoms with Gasteiger partial charge in [-0.15, -0.1) is 0 Å². The van der Waals surface area contributed by atoms with Crippen LogP contribution in [-0.2, 0) is 11.2 Å². The Hall–Kier alpha value is -1.75. The summed E-state index contributed by atoms with van der Waals surface area (Å²) in [5, 5.41) is 8.73. The van der Waals surface area contributed by atoms with Crippen molar-refractivity contribution >= 4 is 5.97 Å². The minimum Gasteiger partial charge on any atom is -0.486 e. The van der Waals surface area contributed by atoms with Gasteiger partial charge in [-0.1, -0.05) is 13.0 Å². The van der Waals surface area contributed by atoms with Gasteiger partial charge in [0.1, 0.15) is 13.2 Å². The number of hydrogen-bond acceptors (Lipinski definition) is 4. The van der Waals surface area contributed by atoms with Gasteiger partial charge in [0, 0.05) is 18.0 Å². The highest BCUT2D eigenvalue weighted by atomic mass is 16.6. The lowest BCUT2D eigenvalue weighted by Crippen LogP contribution is -2.19. The molecular formula is C14H19NO4. The molecule has 1 aliphatic heterocycles. The van der Waals surface area contributed by atoms with Crippen molar-refractivity contribution in [2.75, 3.05) is 13.2 Å². The zero-order valence-corrected chi connectivity index (χ0v) is 11.0. The maximum Gasteiger partial charge on any atom is 0.303 e. The molecule has 0 saturated heterocycles. The summed E-state index contributed by atoms with van der Waals surface area (Å²) in [6.07, 6.45) is 1.27. The molecule has 0 saturated carbocycles. The van der Waals surface area contributed by atoms with E-state index in [0.717, 1.165) is 29.0 Å². The molecule has 0 bridgehead atoms. The SMILES string of the molecule is CCc1c(C(N)CCC(=O)O)ccc2c1OCCO2. The zero-order chi connectivity index (χ0) is 13.8. The lowest BCUT2D eigenvalue weighted by Gasteiger charge is -2.24. The van der Waals surface area contributed by atoms with Gasteiger partial charge in [-0.2, -0.15) is 0 Å². The third-order valence-corrected chi connectivity index (χ3v) is 3.27. The smallest absolute Gasteiger partial charge is 0.303 e. The van der Waals surface area contributed by atoms with Crippen LogP contribution in [0.25, 0.3) is 0 Å². The van der Waals surface area contributed by atoms with E-state index in [4.69, 9.17) is 20.3 Å². The molecule has 0 aliphatic carbocycles. The maximum absolute atomic E-state index is 10.6. The summed E-state index contributed by atoms with van der Waals surface area (Å²) < 4.78 is 11.2. The molecule has 19 heavy (non-hydrogen) atoms. The fourth-order valence-electron chi connectivity index (χ4n) is 2.34. The zero-order valence-electron chi connectivity index (χ0n) is 11.0. The molecule has 1 aliphatic rings. The number of carbonyl (C=O) groups is 1. The van der Waals surface area contributed by atoms with Gasteiger partial charge >= 0.3 is 5.97 Å². The van der Waals surface area contributed by atoms with Crippen molar-refractivity contribution in [2.24, 2.45) is 5.73 Å². The first kappa shape index (κ1) is 13.7. The molecule has 0 fully saturated rings. The Kier molecular flexibility index (Phi) is 4.27. The van der Waals surface area contributed by atoms with Crippen molar-refractivity contribution in [3.63, 3.8) is 0 Å². The molecular weight excluding hydrogens is 246 g/mol. The van der Waals surface area contributed by atoms with Crippen LogP contribution >= 0.6 is 0 Å². The van der Waals surface area contributed by atoms with Crippen LogP contribution in [0.1, 0.15) is 36.9 Å². The van der Waals surface area contributed by atoms with Crippen LogP contribution in [0.2, 0.25) is 0 Å². The molecule has 5 nitrogen and oxygen atoms in total. The molecule has 1 atom stereocenters. The summed E-state index contributed by atoms with van der Waals surface area (Å²) in [5.74, 6) is 0.681. The minimum atomic E-state index is -0.828. The van der Waals surface area contributed by atoms with E-state index >= 15 is 0 Å². The number of hydrogen-bond donors (Lipinski definition) is 2. The van der Waals surface area contributed by atoms with E-state index in [1.54, 1.807) is 0 Å². The minimum absolute atomic E-state index is 0.0682. The number of nitrogens with two attached hydrogens (primary N) is 1. The van der Waals surface area contributed by atoms with Crippen LogP contribution in [-0.4, -0.2) is 24.3 Å². The third kappa shape index (κ3) is 2.98. The molecule has 0 radical (unpaired) electrons. The number of fused-ring (bicyclic) bond motifs is 1. The van der Waals surface area contributed by atoms with Crippen molar-refractivity contribution in [2.45, 2.75) is 32.2 Å². The van der Waals surface area contributed by atoms with Gasteiger partial charge in [0.2, 0.25) is 0 Å². The summed E-state index contributed by atoms with van der Waals surface area (Å²) in [4.78, 5) is 10.6. The first-order valence-electron chi connectivity index (χ1n) is 6.52.